The molecule has 0 spiro atoms. The molecule has 80 valence electrons. The summed E-state index contributed by atoms with van der Waals surface area (Å²) in [5.41, 5.74) is 0. The van der Waals surface area contributed by atoms with Crippen molar-refractivity contribution < 1.29 is 14.3 Å². The lowest BCUT2D eigenvalue weighted by molar-refractivity contribution is -0.112. The molecule has 1 rings (SSSR count). The van der Waals surface area contributed by atoms with Crippen LogP contribution in [-0.4, -0.2) is 29.8 Å². The number of benzene rings is 1. The van der Waals surface area contributed by atoms with Crippen molar-refractivity contribution in [3.63, 3.8) is 0 Å². The summed E-state index contributed by atoms with van der Waals surface area (Å²) in [6, 6.07) is 8.59. The molecule has 0 aliphatic heterocycles. The molecule has 1 aromatic carbocycles. The first-order chi connectivity index (χ1) is 7.09. The van der Waals surface area contributed by atoms with Gasteiger partial charge < -0.3 is 9.64 Å². The fourth-order valence-electron chi connectivity index (χ4n) is 0.918. The van der Waals surface area contributed by atoms with Gasteiger partial charge in [-0.05, 0) is 23.7 Å². The third-order valence-electron chi connectivity index (χ3n) is 1.62. The minimum Gasteiger partial charge on any atom is -0.410 e. The number of para-hydroxylation sites is 1. The van der Waals surface area contributed by atoms with Crippen LogP contribution in [0.3, 0.4) is 0 Å². The van der Waals surface area contributed by atoms with Crippen LogP contribution in [0.5, 0.6) is 5.75 Å². The molecule has 0 N–H and O–H groups in total. The van der Waals surface area contributed by atoms with E-state index in [-0.39, 0.29) is 6.54 Å². The monoisotopic (exact) mass is 227 g/mol. The molecule has 0 saturated carbocycles. The van der Waals surface area contributed by atoms with Gasteiger partial charge in [0.1, 0.15) is 5.75 Å². The number of amides is 1. The Balaban J connectivity index is 2.52. The minimum absolute atomic E-state index is 0.173. The van der Waals surface area contributed by atoms with Gasteiger partial charge in [-0.2, -0.15) is 0 Å². The highest BCUT2D eigenvalue weighted by Gasteiger charge is 2.13. The van der Waals surface area contributed by atoms with Crippen LogP contribution in [0.4, 0.5) is 4.79 Å². The van der Waals surface area contributed by atoms with E-state index < -0.39 is 11.3 Å². The van der Waals surface area contributed by atoms with Crippen LogP contribution in [0.25, 0.3) is 0 Å². The number of carbonyl (C=O) groups excluding carboxylic acids is 2. The highest BCUT2D eigenvalue weighted by Crippen LogP contribution is 2.09. The fraction of sp³-hybridized carbons (Fsp3) is 0.200. The van der Waals surface area contributed by atoms with Gasteiger partial charge >= 0.3 is 6.09 Å². The van der Waals surface area contributed by atoms with E-state index >= 15 is 0 Å². The average molecular weight is 228 g/mol. The first-order valence-corrected chi connectivity index (χ1v) is 4.63. The molecule has 0 aromatic heterocycles. The normalized spacial score (nSPS) is 9.47. The van der Waals surface area contributed by atoms with Gasteiger partial charge in [0.2, 0.25) is 5.24 Å². The number of ether oxygens (including phenoxy) is 1. The van der Waals surface area contributed by atoms with Crippen LogP contribution >= 0.6 is 11.6 Å². The van der Waals surface area contributed by atoms with Crippen molar-refractivity contribution in [1.29, 1.82) is 0 Å². The lowest BCUT2D eigenvalue weighted by Gasteiger charge is -2.14. The Bertz CT molecular complexity index is 353. The Morgan fingerprint density at radius 2 is 1.93 bits per heavy atom. The first-order valence-electron chi connectivity index (χ1n) is 4.26. The standard InChI is InChI=1S/C10H10ClNO3/c1-12(7-9(11)13)10(14)15-8-5-3-2-4-6-8/h2-6H,7H2,1H3. The van der Waals surface area contributed by atoms with E-state index in [0.717, 1.165) is 4.90 Å². The Morgan fingerprint density at radius 3 is 2.47 bits per heavy atom. The summed E-state index contributed by atoms with van der Waals surface area (Å²) in [5, 5.41) is -0.609. The minimum atomic E-state index is -0.616. The van der Waals surface area contributed by atoms with E-state index in [0.29, 0.717) is 5.75 Å². The summed E-state index contributed by atoms with van der Waals surface area (Å²) in [4.78, 5) is 23.0. The van der Waals surface area contributed by atoms with Gasteiger partial charge in [0.25, 0.3) is 0 Å². The van der Waals surface area contributed by atoms with Crippen molar-refractivity contribution in [3.8, 4) is 5.75 Å². The molecule has 4 nitrogen and oxygen atoms in total. The first kappa shape index (κ1) is 11.5. The molecule has 0 saturated heterocycles. The molecule has 1 amide bonds. The molecule has 0 bridgehead atoms. The molecular formula is C10H10ClNO3. The summed E-state index contributed by atoms with van der Waals surface area (Å²) in [6.07, 6.45) is -0.616. The predicted molar refractivity (Wildman–Crippen MR) is 56.0 cm³/mol. The highest BCUT2D eigenvalue weighted by molar-refractivity contribution is 6.64. The van der Waals surface area contributed by atoms with Gasteiger partial charge in [-0.25, -0.2) is 4.79 Å². The van der Waals surface area contributed by atoms with Crippen LogP contribution < -0.4 is 4.74 Å². The third kappa shape index (κ3) is 3.99. The van der Waals surface area contributed by atoms with Crippen molar-refractivity contribution >= 4 is 22.9 Å². The van der Waals surface area contributed by atoms with Gasteiger partial charge in [0, 0.05) is 7.05 Å². The van der Waals surface area contributed by atoms with Gasteiger partial charge in [0.15, 0.2) is 0 Å². The smallest absolute Gasteiger partial charge is 0.410 e. The molecule has 0 radical (unpaired) electrons. The maximum Gasteiger partial charge on any atom is 0.415 e. The van der Waals surface area contributed by atoms with Crippen molar-refractivity contribution in [2.75, 3.05) is 13.6 Å². The summed E-state index contributed by atoms with van der Waals surface area (Å²) >= 11 is 5.13. The number of hydrogen-bond donors (Lipinski definition) is 0. The third-order valence-corrected chi connectivity index (χ3v) is 1.74. The molecule has 0 atom stereocenters. The summed E-state index contributed by atoms with van der Waals surface area (Å²) in [6.45, 7) is -0.173. The number of halogens is 1. The van der Waals surface area contributed by atoms with E-state index in [2.05, 4.69) is 0 Å². The number of carbonyl (C=O) groups is 2. The number of hydrogen-bond acceptors (Lipinski definition) is 3. The van der Waals surface area contributed by atoms with Gasteiger partial charge in [-0.1, -0.05) is 18.2 Å². The maximum absolute atomic E-state index is 11.3. The van der Waals surface area contributed by atoms with Gasteiger partial charge in [-0.3, -0.25) is 4.79 Å². The van der Waals surface area contributed by atoms with Crippen LogP contribution in [0.2, 0.25) is 0 Å². The van der Waals surface area contributed by atoms with Crippen molar-refractivity contribution in [2.24, 2.45) is 0 Å². The maximum atomic E-state index is 11.3. The molecule has 0 aliphatic rings. The molecule has 5 heteroatoms. The summed E-state index contributed by atoms with van der Waals surface area (Å²) in [5.74, 6) is 0.427. The van der Waals surface area contributed by atoms with Crippen LogP contribution in [-0.2, 0) is 4.79 Å². The van der Waals surface area contributed by atoms with E-state index in [9.17, 15) is 9.59 Å². The van der Waals surface area contributed by atoms with Crippen molar-refractivity contribution in [1.82, 2.24) is 4.90 Å². The Hall–Kier alpha value is -1.55. The Morgan fingerprint density at radius 1 is 1.33 bits per heavy atom. The molecule has 0 heterocycles. The molecule has 0 fully saturated rings. The lowest BCUT2D eigenvalue weighted by atomic mass is 10.3. The quantitative estimate of drug-likeness (QED) is 0.741. The fourth-order valence-corrected chi connectivity index (χ4v) is 1.10. The second-order valence-corrected chi connectivity index (χ2v) is 3.31. The molecule has 0 unspecified atom stereocenters. The SMILES string of the molecule is CN(CC(=O)Cl)C(=O)Oc1ccccc1. The zero-order valence-corrected chi connectivity index (χ0v) is 8.90. The van der Waals surface area contributed by atoms with Gasteiger partial charge in [-0.15, -0.1) is 0 Å². The average Bonchev–Trinajstić information content (AvgIpc) is 2.18. The number of rotatable bonds is 3. The van der Waals surface area contributed by atoms with Crippen molar-refractivity contribution in [2.45, 2.75) is 0 Å². The zero-order chi connectivity index (χ0) is 11.3. The second-order valence-electron chi connectivity index (χ2n) is 2.89. The molecule has 15 heavy (non-hydrogen) atoms. The number of nitrogens with zero attached hydrogens (tertiary/aromatic N) is 1. The van der Waals surface area contributed by atoms with E-state index in [4.69, 9.17) is 16.3 Å². The lowest BCUT2D eigenvalue weighted by Crippen LogP contribution is -2.32. The van der Waals surface area contributed by atoms with E-state index in [1.165, 1.54) is 7.05 Å². The van der Waals surface area contributed by atoms with Crippen molar-refractivity contribution in [3.05, 3.63) is 30.3 Å². The van der Waals surface area contributed by atoms with Crippen LogP contribution in [0, 0.1) is 0 Å². The van der Waals surface area contributed by atoms with Crippen LogP contribution in [0.1, 0.15) is 0 Å². The van der Waals surface area contributed by atoms with Crippen LogP contribution in [0.15, 0.2) is 30.3 Å². The Kier molecular flexibility index (Phi) is 4.12. The predicted octanol–water partition coefficient (Wildman–Crippen LogP) is 1.88. The van der Waals surface area contributed by atoms with E-state index in [1.54, 1.807) is 24.3 Å². The topological polar surface area (TPSA) is 46.6 Å². The molecule has 1 aromatic rings. The molecule has 0 aliphatic carbocycles. The Labute approximate surface area is 92.4 Å². The second kappa shape index (κ2) is 5.36. The molecular weight excluding hydrogens is 218 g/mol. The largest absolute Gasteiger partial charge is 0.415 e. The van der Waals surface area contributed by atoms with Gasteiger partial charge in [0.05, 0.1) is 6.54 Å². The number of likely N-dealkylation sites (N-methyl/N-ethyl adjacent to an activating group) is 1. The zero-order valence-electron chi connectivity index (χ0n) is 8.14. The van der Waals surface area contributed by atoms with E-state index in [1.807, 2.05) is 6.07 Å². The summed E-state index contributed by atoms with van der Waals surface area (Å²) in [7, 11) is 1.44. The highest BCUT2D eigenvalue weighted by atomic mass is 35.5. The summed E-state index contributed by atoms with van der Waals surface area (Å²) < 4.78 is 4.95.